The van der Waals surface area contributed by atoms with E-state index in [2.05, 4.69) is 30.1 Å². The van der Waals surface area contributed by atoms with Crippen molar-refractivity contribution in [3.8, 4) is 5.75 Å². The molecule has 0 saturated heterocycles. The number of fused-ring (bicyclic) bond motifs is 3. The molecule has 1 amide bonds. The van der Waals surface area contributed by atoms with Gasteiger partial charge in [-0.05, 0) is 42.7 Å². The number of nitrogens with zero attached hydrogens (tertiary/aromatic N) is 2. The van der Waals surface area contributed by atoms with Crippen molar-refractivity contribution in [3.63, 3.8) is 0 Å². The maximum absolute atomic E-state index is 12.6. The zero-order valence-electron chi connectivity index (χ0n) is 16.5. The minimum Gasteiger partial charge on any atom is -0.497 e. The molecule has 0 saturated carbocycles. The summed E-state index contributed by atoms with van der Waals surface area (Å²) in [7, 11) is 1.65. The van der Waals surface area contributed by atoms with Crippen molar-refractivity contribution in [2.45, 2.75) is 27.2 Å². The van der Waals surface area contributed by atoms with E-state index in [1.807, 2.05) is 49.1 Å². The molecule has 0 unspecified atom stereocenters. The van der Waals surface area contributed by atoms with E-state index < -0.39 is 0 Å². The van der Waals surface area contributed by atoms with Crippen molar-refractivity contribution in [1.29, 1.82) is 0 Å². The van der Waals surface area contributed by atoms with E-state index in [9.17, 15) is 4.79 Å². The highest BCUT2D eigenvalue weighted by Gasteiger charge is 2.28. The lowest BCUT2D eigenvalue weighted by Crippen LogP contribution is -2.36. The molecule has 0 aromatic heterocycles. The van der Waals surface area contributed by atoms with Crippen LogP contribution in [0.1, 0.15) is 36.1 Å². The predicted molar refractivity (Wildman–Crippen MR) is 110 cm³/mol. The van der Waals surface area contributed by atoms with Gasteiger partial charge in [0, 0.05) is 17.7 Å². The lowest BCUT2D eigenvalue weighted by atomic mass is 9.91. The molecule has 2 aromatic carbocycles. The van der Waals surface area contributed by atoms with Crippen molar-refractivity contribution in [3.05, 3.63) is 70.8 Å². The van der Waals surface area contributed by atoms with Crippen molar-refractivity contribution in [1.82, 2.24) is 4.90 Å². The Bertz CT molecular complexity index is 912. The summed E-state index contributed by atoms with van der Waals surface area (Å²) < 4.78 is 5.32. The zero-order valence-corrected chi connectivity index (χ0v) is 16.5. The molecular weight excluding hydrogens is 336 g/mol. The van der Waals surface area contributed by atoms with Gasteiger partial charge in [-0.15, -0.1) is 0 Å². The SMILES string of the molecule is CC.COc1cccc(C2=NCC(=O)N3CCc4c(C)cccc4C3=C2)c1. The summed E-state index contributed by atoms with van der Waals surface area (Å²) in [6, 6.07) is 14.1. The van der Waals surface area contributed by atoms with Crippen LogP contribution >= 0.6 is 0 Å². The molecule has 0 fully saturated rings. The second-order valence-electron chi connectivity index (χ2n) is 6.36. The average Bonchev–Trinajstić information content (AvgIpc) is 2.89. The first-order valence-electron chi connectivity index (χ1n) is 9.47. The summed E-state index contributed by atoms with van der Waals surface area (Å²) in [6.07, 6.45) is 2.93. The molecule has 2 aliphatic heterocycles. The number of aryl methyl sites for hydroxylation is 1. The summed E-state index contributed by atoms with van der Waals surface area (Å²) in [4.78, 5) is 19.0. The standard InChI is InChI=1S/C21H20N2O2.C2H6/c1-14-5-3-8-18-17(14)9-10-23-20(18)12-19(22-13-21(23)24)15-6-4-7-16(11-15)25-2;1-2/h3-8,11-12H,9-10,13H2,1-2H3;1-2H3. The molecule has 0 atom stereocenters. The lowest BCUT2D eigenvalue weighted by Gasteiger charge is -2.31. The third kappa shape index (κ3) is 3.65. The Labute approximate surface area is 161 Å². The summed E-state index contributed by atoms with van der Waals surface area (Å²) in [5, 5.41) is 0. The number of carbonyl (C=O) groups excluding carboxylic acids is 1. The number of aliphatic imine (C=N–C) groups is 1. The first-order valence-corrected chi connectivity index (χ1v) is 9.47. The molecule has 4 nitrogen and oxygen atoms in total. The molecule has 4 heteroatoms. The third-order valence-corrected chi connectivity index (χ3v) is 4.89. The molecule has 0 radical (unpaired) electrons. The van der Waals surface area contributed by atoms with Gasteiger partial charge >= 0.3 is 0 Å². The van der Waals surface area contributed by atoms with Gasteiger partial charge in [0.15, 0.2) is 0 Å². The molecule has 140 valence electrons. The van der Waals surface area contributed by atoms with E-state index in [1.165, 1.54) is 11.1 Å². The van der Waals surface area contributed by atoms with Gasteiger partial charge in [-0.1, -0.05) is 44.2 Å². The van der Waals surface area contributed by atoms with Gasteiger partial charge in [-0.2, -0.15) is 0 Å². The molecule has 0 N–H and O–H groups in total. The summed E-state index contributed by atoms with van der Waals surface area (Å²) in [5.41, 5.74) is 6.46. The smallest absolute Gasteiger partial charge is 0.248 e. The van der Waals surface area contributed by atoms with Crippen LogP contribution in [0.15, 0.2) is 53.5 Å². The van der Waals surface area contributed by atoms with E-state index >= 15 is 0 Å². The number of rotatable bonds is 2. The number of ether oxygens (including phenoxy) is 1. The molecule has 0 bridgehead atoms. The Morgan fingerprint density at radius 3 is 2.67 bits per heavy atom. The second-order valence-corrected chi connectivity index (χ2v) is 6.36. The molecule has 4 rings (SSSR count). The number of carbonyl (C=O) groups is 1. The van der Waals surface area contributed by atoms with Crippen LogP contribution in [0.5, 0.6) is 5.75 Å². The van der Waals surface area contributed by atoms with Crippen molar-refractivity contribution in [2.24, 2.45) is 4.99 Å². The Balaban J connectivity index is 0.00000102. The Hall–Kier alpha value is -2.88. The fourth-order valence-corrected chi connectivity index (χ4v) is 3.55. The summed E-state index contributed by atoms with van der Waals surface area (Å²) in [5.74, 6) is 0.835. The molecule has 2 heterocycles. The molecular formula is C23H26N2O2. The topological polar surface area (TPSA) is 41.9 Å². The predicted octanol–water partition coefficient (Wildman–Crippen LogP) is 4.26. The average molecular weight is 362 g/mol. The normalized spacial score (nSPS) is 15.4. The summed E-state index contributed by atoms with van der Waals surface area (Å²) in [6.45, 7) is 7.02. The maximum Gasteiger partial charge on any atom is 0.248 e. The van der Waals surface area contributed by atoms with Gasteiger partial charge in [-0.3, -0.25) is 9.79 Å². The number of hydrogen-bond acceptors (Lipinski definition) is 3. The first kappa shape index (κ1) is 18.9. The zero-order chi connectivity index (χ0) is 19.4. The second kappa shape index (κ2) is 8.21. The quantitative estimate of drug-likeness (QED) is 0.801. The summed E-state index contributed by atoms with van der Waals surface area (Å²) >= 11 is 0. The Kier molecular flexibility index (Phi) is 5.75. The number of amides is 1. The van der Waals surface area contributed by atoms with Gasteiger partial charge in [0.25, 0.3) is 0 Å². The van der Waals surface area contributed by atoms with Crippen LogP contribution in [0.3, 0.4) is 0 Å². The first-order chi connectivity index (χ1) is 13.2. The lowest BCUT2D eigenvalue weighted by molar-refractivity contribution is -0.126. The van der Waals surface area contributed by atoms with E-state index in [1.54, 1.807) is 7.11 Å². The van der Waals surface area contributed by atoms with Crippen LogP contribution in [-0.2, 0) is 11.2 Å². The molecule has 2 aliphatic rings. The van der Waals surface area contributed by atoms with Crippen LogP contribution in [0, 0.1) is 6.92 Å². The fraction of sp³-hybridized carbons (Fsp3) is 0.304. The van der Waals surface area contributed by atoms with Gasteiger partial charge in [0.05, 0.1) is 18.5 Å². The van der Waals surface area contributed by atoms with Crippen molar-refractivity contribution < 1.29 is 9.53 Å². The minimum absolute atomic E-state index is 0.0521. The van der Waals surface area contributed by atoms with Crippen LogP contribution in [0.4, 0.5) is 0 Å². The van der Waals surface area contributed by atoms with Crippen LogP contribution in [0.25, 0.3) is 5.70 Å². The van der Waals surface area contributed by atoms with Crippen molar-refractivity contribution in [2.75, 3.05) is 20.2 Å². The van der Waals surface area contributed by atoms with E-state index in [0.717, 1.165) is 34.7 Å². The highest BCUT2D eigenvalue weighted by Crippen LogP contribution is 2.32. The van der Waals surface area contributed by atoms with Crippen LogP contribution < -0.4 is 4.74 Å². The Morgan fingerprint density at radius 1 is 1.11 bits per heavy atom. The van der Waals surface area contributed by atoms with Gasteiger partial charge in [-0.25, -0.2) is 0 Å². The Morgan fingerprint density at radius 2 is 1.89 bits per heavy atom. The van der Waals surface area contributed by atoms with Crippen LogP contribution in [0.2, 0.25) is 0 Å². The number of benzene rings is 2. The highest BCUT2D eigenvalue weighted by molar-refractivity contribution is 6.15. The highest BCUT2D eigenvalue weighted by atomic mass is 16.5. The number of hydrogen-bond donors (Lipinski definition) is 0. The van der Waals surface area contributed by atoms with Gasteiger partial charge in [0.1, 0.15) is 12.3 Å². The van der Waals surface area contributed by atoms with E-state index in [-0.39, 0.29) is 12.5 Å². The fourth-order valence-electron chi connectivity index (χ4n) is 3.55. The molecule has 0 aliphatic carbocycles. The molecule has 27 heavy (non-hydrogen) atoms. The number of allylic oxidation sites excluding steroid dienone is 1. The number of methoxy groups -OCH3 is 1. The van der Waals surface area contributed by atoms with E-state index in [4.69, 9.17) is 4.74 Å². The van der Waals surface area contributed by atoms with Crippen molar-refractivity contribution >= 4 is 17.3 Å². The van der Waals surface area contributed by atoms with Gasteiger partial charge < -0.3 is 9.64 Å². The molecule has 2 aromatic rings. The monoisotopic (exact) mass is 362 g/mol. The molecule has 0 spiro atoms. The van der Waals surface area contributed by atoms with Crippen LogP contribution in [-0.4, -0.2) is 36.7 Å². The largest absolute Gasteiger partial charge is 0.497 e. The minimum atomic E-state index is 0.0521. The maximum atomic E-state index is 12.6. The van der Waals surface area contributed by atoms with Gasteiger partial charge in [0.2, 0.25) is 5.91 Å². The van der Waals surface area contributed by atoms with E-state index in [0.29, 0.717) is 6.54 Å². The third-order valence-electron chi connectivity index (χ3n) is 4.89.